The van der Waals surface area contributed by atoms with E-state index in [1.54, 1.807) is 37.7 Å². The molecule has 0 saturated heterocycles. The van der Waals surface area contributed by atoms with Crippen molar-refractivity contribution in [3.63, 3.8) is 0 Å². The van der Waals surface area contributed by atoms with E-state index in [1.165, 1.54) is 0 Å². The molecule has 6 rings (SSSR count). The Morgan fingerprint density at radius 1 is 0.725 bits per heavy atom. The van der Waals surface area contributed by atoms with Gasteiger partial charge in [-0.1, -0.05) is 48.0 Å². The minimum Gasteiger partial charge on any atom is -0.497 e. The summed E-state index contributed by atoms with van der Waals surface area (Å²) >= 11 is 5.99. The Morgan fingerprint density at radius 2 is 1.40 bits per heavy atom. The van der Waals surface area contributed by atoms with Crippen LogP contribution in [0.15, 0.2) is 103 Å². The number of para-hydroxylation sites is 1. The molecule has 2 aliphatic heterocycles. The first-order chi connectivity index (χ1) is 19.4. The maximum absolute atomic E-state index is 12.0. The van der Waals surface area contributed by atoms with Crippen LogP contribution >= 0.6 is 11.6 Å². The summed E-state index contributed by atoms with van der Waals surface area (Å²) < 4.78 is 5.16. The third-order valence-electron chi connectivity index (χ3n) is 6.41. The molecule has 0 radical (unpaired) electrons. The van der Waals surface area contributed by atoms with Crippen LogP contribution in [0.25, 0.3) is 11.1 Å². The molecule has 0 fully saturated rings. The van der Waals surface area contributed by atoms with Crippen LogP contribution < -0.4 is 26.0 Å². The van der Waals surface area contributed by atoms with Crippen molar-refractivity contribution in [3.8, 4) is 5.75 Å². The Hall–Kier alpha value is -5.01. The van der Waals surface area contributed by atoms with Gasteiger partial charge in [-0.25, -0.2) is 0 Å². The van der Waals surface area contributed by atoms with E-state index in [0.29, 0.717) is 16.2 Å². The van der Waals surface area contributed by atoms with Crippen LogP contribution in [0.3, 0.4) is 0 Å². The number of carbonyl (C=O) groups is 2. The predicted octanol–water partition coefficient (Wildman–Crippen LogP) is 7.15. The van der Waals surface area contributed by atoms with Crippen LogP contribution in [0.5, 0.6) is 5.75 Å². The number of aryl methyl sites for hydroxylation is 1. The lowest BCUT2D eigenvalue weighted by molar-refractivity contribution is -0.111. The second kappa shape index (κ2) is 11.8. The van der Waals surface area contributed by atoms with Gasteiger partial charge in [0.1, 0.15) is 5.75 Å². The summed E-state index contributed by atoms with van der Waals surface area (Å²) in [5.41, 5.74) is 7.55. The van der Waals surface area contributed by atoms with Crippen LogP contribution in [0.4, 0.5) is 22.7 Å². The van der Waals surface area contributed by atoms with Crippen molar-refractivity contribution < 1.29 is 14.3 Å². The van der Waals surface area contributed by atoms with Gasteiger partial charge in [0, 0.05) is 57.4 Å². The summed E-state index contributed by atoms with van der Waals surface area (Å²) in [4.78, 5) is 24.0. The van der Waals surface area contributed by atoms with Gasteiger partial charge < -0.3 is 26.0 Å². The van der Waals surface area contributed by atoms with Crippen LogP contribution in [0, 0.1) is 6.92 Å². The summed E-state index contributed by atoms with van der Waals surface area (Å²) in [6.07, 6.45) is 3.44. The molecule has 200 valence electrons. The van der Waals surface area contributed by atoms with E-state index in [0.717, 1.165) is 45.2 Å². The maximum atomic E-state index is 12.0. The summed E-state index contributed by atoms with van der Waals surface area (Å²) in [5.74, 6) is 0.535. The van der Waals surface area contributed by atoms with Crippen molar-refractivity contribution in [2.75, 3.05) is 28.4 Å². The Morgan fingerprint density at radius 3 is 2.20 bits per heavy atom. The Kier molecular flexibility index (Phi) is 7.84. The Labute approximate surface area is 237 Å². The molecule has 8 heteroatoms. The maximum Gasteiger partial charge on any atom is 0.257 e. The van der Waals surface area contributed by atoms with Gasteiger partial charge in [-0.15, -0.1) is 0 Å². The number of anilines is 4. The van der Waals surface area contributed by atoms with Crippen molar-refractivity contribution in [2.24, 2.45) is 0 Å². The second-order valence-corrected chi connectivity index (χ2v) is 9.53. The molecule has 0 bridgehead atoms. The molecule has 0 aromatic heterocycles. The van der Waals surface area contributed by atoms with Crippen LogP contribution in [0.2, 0.25) is 5.02 Å². The van der Waals surface area contributed by atoms with Crippen LogP contribution in [-0.4, -0.2) is 18.9 Å². The fraction of sp³-hybridized carbons (Fsp3) is 0.0625. The molecular weight excluding hydrogens is 524 g/mol. The number of hydrogen-bond acceptors (Lipinski definition) is 5. The first kappa shape index (κ1) is 26.6. The molecule has 0 unspecified atom stereocenters. The number of amides is 2. The van der Waals surface area contributed by atoms with Gasteiger partial charge in [0.05, 0.1) is 18.3 Å². The number of benzene rings is 4. The Balaban J connectivity index is 0.000000162. The average molecular weight is 551 g/mol. The molecule has 7 nitrogen and oxygen atoms in total. The third-order valence-corrected chi connectivity index (χ3v) is 6.64. The molecule has 0 spiro atoms. The van der Waals surface area contributed by atoms with Gasteiger partial charge in [0.2, 0.25) is 0 Å². The van der Waals surface area contributed by atoms with E-state index < -0.39 is 0 Å². The van der Waals surface area contributed by atoms with E-state index in [1.807, 2.05) is 79.7 Å². The van der Waals surface area contributed by atoms with Crippen LogP contribution in [-0.2, 0) is 9.59 Å². The second-order valence-electron chi connectivity index (χ2n) is 9.10. The fourth-order valence-corrected chi connectivity index (χ4v) is 4.60. The smallest absolute Gasteiger partial charge is 0.257 e. The number of rotatable bonds is 5. The molecule has 40 heavy (non-hydrogen) atoms. The number of carbonyl (C=O) groups excluding carboxylic acids is 2. The summed E-state index contributed by atoms with van der Waals surface area (Å²) in [6.45, 7) is 2.01. The zero-order chi connectivity index (χ0) is 28.1. The highest BCUT2D eigenvalue weighted by molar-refractivity contribution is 6.34. The monoisotopic (exact) mass is 550 g/mol. The lowest BCUT2D eigenvalue weighted by atomic mass is 10.0. The van der Waals surface area contributed by atoms with Crippen molar-refractivity contribution in [1.29, 1.82) is 0 Å². The first-order valence-electron chi connectivity index (χ1n) is 12.6. The topological polar surface area (TPSA) is 91.5 Å². The quantitative estimate of drug-likeness (QED) is 0.198. The van der Waals surface area contributed by atoms with Gasteiger partial charge in [-0.3, -0.25) is 9.59 Å². The highest BCUT2D eigenvalue weighted by Crippen LogP contribution is 2.35. The van der Waals surface area contributed by atoms with Crippen molar-refractivity contribution in [2.45, 2.75) is 6.92 Å². The lowest BCUT2D eigenvalue weighted by Gasteiger charge is -2.05. The van der Waals surface area contributed by atoms with Gasteiger partial charge in [-0.2, -0.15) is 0 Å². The van der Waals surface area contributed by atoms with Gasteiger partial charge in [-0.05, 0) is 61.0 Å². The van der Waals surface area contributed by atoms with E-state index in [4.69, 9.17) is 16.3 Å². The average Bonchev–Trinajstić information content (AvgIpc) is 3.46. The number of nitrogens with one attached hydrogen (secondary N) is 4. The van der Waals surface area contributed by atoms with Gasteiger partial charge in [0.15, 0.2) is 0 Å². The molecule has 2 amide bonds. The first-order valence-corrected chi connectivity index (χ1v) is 13.0. The number of halogens is 1. The van der Waals surface area contributed by atoms with Gasteiger partial charge in [0.25, 0.3) is 11.8 Å². The SMILES string of the molecule is COc1cccc(N/C=C2/C(=O)Nc3ccc(Cl)cc32)c1.Cc1cccc2c1/C(=C\Nc1ccccc1)C(=O)N2. The van der Waals surface area contributed by atoms with E-state index in [-0.39, 0.29) is 11.8 Å². The van der Waals surface area contributed by atoms with Gasteiger partial charge >= 0.3 is 0 Å². The molecule has 2 heterocycles. The van der Waals surface area contributed by atoms with Crippen molar-refractivity contribution >= 4 is 57.3 Å². The minimum atomic E-state index is -0.150. The predicted molar refractivity (Wildman–Crippen MR) is 163 cm³/mol. The Bertz CT molecular complexity index is 1650. The standard InChI is InChI=1S/C16H13ClN2O2.C16H14N2O/c1-21-12-4-2-3-11(8-12)18-9-14-13-7-10(17)5-6-15(13)19-16(14)20;1-11-6-5-9-14-15(11)13(16(19)18-14)10-17-12-7-3-2-4-8-12/h2-9,18H,1H3,(H,19,20);2-10,17H,1H3,(H,18,19)/b14-9+;13-10+. The number of hydrogen-bond donors (Lipinski definition) is 4. The number of ether oxygens (including phenoxy) is 1. The molecule has 4 aromatic rings. The molecule has 0 saturated carbocycles. The molecular formula is C32H27ClN4O3. The number of fused-ring (bicyclic) bond motifs is 2. The summed E-state index contributed by atoms with van der Waals surface area (Å²) in [7, 11) is 1.61. The normalized spacial score (nSPS) is 15.0. The summed E-state index contributed by atoms with van der Waals surface area (Å²) in [5, 5.41) is 12.5. The van der Waals surface area contributed by atoms with E-state index >= 15 is 0 Å². The fourth-order valence-electron chi connectivity index (χ4n) is 4.43. The molecule has 2 aliphatic rings. The molecule has 0 atom stereocenters. The zero-order valence-electron chi connectivity index (χ0n) is 21.9. The van der Waals surface area contributed by atoms with Crippen molar-refractivity contribution in [3.05, 3.63) is 125 Å². The largest absolute Gasteiger partial charge is 0.497 e. The lowest BCUT2D eigenvalue weighted by Crippen LogP contribution is -2.05. The molecule has 4 N–H and O–H groups in total. The third kappa shape index (κ3) is 5.85. The zero-order valence-corrected chi connectivity index (χ0v) is 22.7. The molecule has 0 aliphatic carbocycles. The van der Waals surface area contributed by atoms with E-state index in [9.17, 15) is 9.59 Å². The molecule has 4 aromatic carbocycles. The summed E-state index contributed by atoms with van der Waals surface area (Å²) in [6, 6.07) is 28.5. The highest BCUT2D eigenvalue weighted by atomic mass is 35.5. The highest BCUT2D eigenvalue weighted by Gasteiger charge is 2.25. The van der Waals surface area contributed by atoms with E-state index in [2.05, 4.69) is 21.3 Å². The minimum absolute atomic E-state index is 0.0623. The van der Waals surface area contributed by atoms with Crippen molar-refractivity contribution in [1.82, 2.24) is 0 Å². The van der Waals surface area contributed by atoms with Crippen LogP contribution in [0.1, 0.15) is 16.7 Å². The number of methoxy groups -OCH3 is 1.